The van der Waals surface area contributed by atoms with Gasteiger partial charge in [0.2, 0.25) is 0 Å². The molecule has 10 heteroatoms. The van der Waals surface area contributed by atoms with Crippen LogP contribution in [0.25, 0.3) is 10.2 Å². The van der Waals surface area contributed by atoms with Crippen LogP contribution in [0.5, 0.6) is 0 Å². The smallest absolute Gasteiger partial charge is 0.270 e. The third-order valence-electron chi connectivity index (χ3n) is 4.21. The Bertz CT molecular complexity index is 1200. The fraction of sp³-hybridized carbons (Fsp3) is 0.389. The summed E-state index contributed by atoms with van der Waals surface area (Å²) in [4.78, 5) is 17.5. The van der Waals surface area contributed by atoms with Crippen LogP contribution in [0.3, 0.4) is 0 Å². The average molecular weight is 423 g/mol. The minimum Gasteiger partial charge on any atom is -0.383 e. The van der Waals surface area contributed by atoms with Gasteiger partial charge in [0.25, 0.3) is 5.91 Å². The minimum atomic E-state index is -3.32. The highest BCUT2D eigenvalue weighted by atomic mass is 32.2. The molecule has 1 amide bonds. The first-order valence-electron chi connectivity index (χ1n) is 8.60. The molecule has 0 atom stereocenters. The van der Waals surface area contributed by atoms with Crippen LogP contribution < -0.4 is 4.80 Å². The molecule has 0 radical (unpaired) electrons. The number of thiazole rings is 1. The van der Waals surface area contributed by atoms with Crippen molar-refractivity contribution in [2.45, 2.75) is 31.8 Å². The van der Waals surface area contributed by atoms with Crippen LogP contribution >= 0.6 is 11.3 Å². The highest BCUT2D eigenvalue weighted by Gasteiger charge is 2.13. The molecule has 0 spiro atoms. The summed E-state index contributed by atoms with van der Waals surface area (Å²) in [5.74, 6) is -0.327. The summed E-state index contributed by atoms with van der Waals surface area (Å²) in [6.07, 6.45) is 1.17. The van der Waals surface area contributed by atoms with Crippen molar-refractivity contribution in [1.82, 2.24) is 14.3 Å². The number of ether oxygens (including phenoxy) is 1. The van der Waals surface area contributed by atoms with Gasteiger partial charge in [0.15, 0.2) is 14.6 Å². The molecule has 0 aliphatic carbocycles. The van der Waals surface area contributed by atoms with Crippen molar-refractivity contribution in [3.05, 3.63) is 40.5 Å². The first-order valence-corrected chi connectivity index (χ1v) is 11.3. The number of sulfone groups is 1. The largest absolute Gasteiger partial charge is 0.383 e. The lowest BCUT2D eigenvalue weighted by Gasteiger charge is -2.05. The highest BCUT2D eigenvalue weighted by molar-refractivity contribution is 7.90. The minimum absolute atomic E-state index is 0.0484. The van der Waals surface area contributed by atoms with Gasteiger partial charge in [-0.2, -0.15) is 10.1 Å². The van der Waals surface area contributed by atoms with Gasteiger partial charge in [0.05, 0.1) is 27.4 Å². The zero-order valence-corrected chi connectivity index (χ0v) is 17.8. The summed E-state index contributed by atoms with van der Waals surface area (Å²) >= 11 is 1.28. The first-order chi connectivity index (χ1) is 13.2. The summed E-state index contributed by atoms with van der Waals surface area (Å²) in [5.41, 5.74) is 2.55. The molecule has 150 valence electrons. The van der Waals surface area contributed by atoms with E-state index >= 15 is 0 Å². The zero-order valence-electron chi connectivity index (χ0n) is 16.2. The third-order valence-corrected chi connectivity index (χ3v) is 6.36. The molecule has 0 saturated carbocycles. The maximum absolute atomic E-state index is 12.5. The maximum atomic E-state index is 12.5. The van der Waals surface area contributed by atoms with Gasteiger partial charge in [-0.1, -0.05) is 11.3 Å². The summed E-state index contributed by atoms with van der Waals surface area (Å²) < 4.78 is 33.1. The van der Waals surface area contributed by atoms with E-state index in [9.17, 15) is 13.2 Å². The van der Waals surface area contributed by atoms with Crippen LogP contribution in [0.15, 0.2) is 34.2 Å². The molecule has 0 unspecified atom stereocenters. The van der Waals surface area contributed by atoms with Crippen LogP contribution in [0, 0.1) is 13.8 Å². The van der Waals surface area contributed by atoms with Crippen molar-refractivity contribution in [3.63, 3.8) is 0 Å². The van der Waals surface area contributed by atoms with E-state index < -0.39 is 9.84 Å². The molecule has 0 saturated heterocycles. The van der Waals surface area contributed by atoms with Crippen LogP contribution in [0.4, 0.5) is 0 Å². The molecule has 0 aliphatic heterocycles. The number of hydrogen-bond acceptors (Lipinski definition) is 6. The van der Waals surface area contributed by atoms with Crippen LogP contribution in [0.2, 0.25) is 0 Å². The number of carbonyl (C=O) groups is 1. The van der Waals surface area contributed by atoms with Gasteiger partial charge in [-0.25, -0.2) is 8.42 Å². The van der Waals surface area contributed by atoms with Gasteiger partial charge in [0.1, 0.15) is 6.54 Å². The number of aryl methyl sites for hydroxylation is 2. The van der Waals surface area contributed by atoms with E-state index in [-0.39, 0.29) is 17.3 Å². The van der Waals surface area contributed by atoms with Crippen LogP contribution in [-0.2, 0) is 32.5 Å². The van der Waals surface area contributed by atoms with Gasteiger partial charge in [-0.15, -0.1) is 0 Å². The molecule has 2 aromatic heterocycles. The summed E-state index contributed by atoms with van der Waals surface area (Å²) in [6.45, 7) is 4.75. The fourth-order valence-electron chi connectivity index (χ4n) is 2.87. The molecule has 1 aromatic carbocycles. The summed E-state index contributed by atoms with van der Waals surface area (Å²) in [5, 5.41) is 4.29. The molecule has 3 aromatic rings. The molecule has 0 bridgehead atoms. The van der Waals surface area contributed by atoms with E-state index in [0.29, 0.717) is 18.0 Å². The molecule has 28 heavy (non-hydrogen) atoms. The first kappa shape index (κ1) is 20.4. The number of carbonyl (C=O) groups excluding carboxylic acids is 1. The average Bonchev–Trinajstić information content (AvgIpc) is 3.10. The Morgan fingerprint density at radius 3 is 2.64 bits per heavy atom. The lowest BCUT2D eigenvalue weighted by molar-refractivity contribution is -0.118. The maximum Gasteiger partial charge on any atom is 0.270 e. The number of fused-ring (bicyclic) bond motifs is 1. The predicted molar refractivity (Wildman–Crippen MR) is 107 cm³/mol. The Morgan fingerprint density at radius 1 is 1.29 bits per heavy atom. The van der Waals surface area contributed by atoms with Gasteiger partial charge in [-0.05, 0) is 38.1 Å². The summed E-state index contributed by atoms with van der Waals surface area (Å²) in [6, 6.07) is 6.82. The van der Waals surface area contributed by atoms with Gasteiger partial charge in [-0.3, -0.25) is 9.48 Å². The van der Waals surface area contributed by atoms with Crippen LogP contribution in [-0.4, -0.2) is 48.6 Å². The fourth-order valence-corrected chi connectivity index (χ4v) is 4.71. The van der Waals surface area contributed by atoms with E-state index in [1.807, 2.05) is 24.5 Å². The number of amides is 1. The van der Waals surface area contributed by atoms with Gasteiger partial charge >= 0.3 is 0 Å². The lowest BCUT2D eigenvalue weighted by Crippen LogP contribution is -2.21. The monoisotopic (exact) mass is 422 g/mol. The molecule has 0 fully saturated rings. The number of nitrogens with zero attached hydrogens (tertiary/aromatic N) is 4. The second kappa shape index (κ2) is 7.98. The number of aromatic nitrogens is 3. The van der Waals surface area contributed by atoms with Crippen molar-refractivity contribution in [1.29, 1.82) is 0 Å². The molecule has 2 heterocycles. The van der Waals surface area contributed by atoms with E-state index in [1.165, 1.54) is 17.6 Å². The topological polar surface area (TPSA) is 95.6 Å². The van der Waals surface area contributed by atoms with E-state index in [0.717, 1.165) is 21.6 Å². The second-order valence-electron chi connectivity index (χ2n) is 6.52. The van der Waals surface area contributed by atoms with Gasteiger partial charge in [0, 0.05) is 25.6 Å². The van der Waals surface area contributed by atoms with Crippen molar-refractivity contribution in [3.8, 4) is 0 Å². The van der Waals surface area contributed by atoms with E-state index in [1.54, 1.807) is 30.0 Å². The van der Waals surface area contributed by atoms with Crippen molar-refractivity contribution < 1.29 is 17.9 Å². The molecular weight excluding hydrogens is 400 g/mol. The standard InChI is InChI=1S/C18H22N4O4S2/c1-12-9-13(2)22(20-12)11-17(23)19-18-21(7-8-26-3)15-6-5-14(28(4,24)25)10-16(15)27-18/h5-6,9-10H,7-8,11H2,1-4H3. The Labute approximate surface area is 167 Å². The quantitative estimate of drug-likeness (QED) is 0.602. The van der Waals surface area contributed by atoms with Crippen molar-refractivity contribution in [2.75, 3.05) is 20.0 Å². The van der Waals surface area contributed by atoms with Crippen molar-refractivity contribution in [2.24, 2.45) is 4.99 Å². The molecule has 8 nitrogen and oxygen atoms in total. The lowest BCUT2D eigenvalue weighted by atomic mass is 10.3. The molecular formula is C18H22N4O4S2. The molecule has 0 aliphatic rings. The molecule has 3 rings (SSSR count). The van der Waals surface area contributed by atoms with E-state index in [2.05, 4.69) is 10.1 Å². The number of rotatable bonds is 6. The van der Waals surface area contributed by atoms with Crippen molar-refractivity contribution >= 4 is 37.3 Å². The van der Waals surface area contributed by atoms with Gasteiger partial charge < -0.3 is 9.30 Å². The number of hydrogen-bond donors (Lipinski definition) is 0. The van der Waals surface area contributed by atoms with E-state index in [4.69, 9.17) is 4.74 Å². The normalized spacial score (nSPS) is 12.8. The highest BCUT2D eigenvalue weighted by Crippen LogP contribution is 2.22. The SMILES string of the molecule is COCCn1c(=NC(=O)Cn2nc(C)cc2C)sc2cc(S(C)(=O)=O)ccc21. The number of methoxy groups -OCH3 is 1. The summed E-state index contributed by atoms with van der Waals surface area (Å²) in [7, 11) is -1.72. The third kappa shape index (κ3) is 4.40. The Balaban J connectivity index is 2.05. The Morgan fingerprint density at radius 2 is 2.04 bits per heavy atom. The Hall–Kier alpha value is -2.30. The number of benzene rings is 1. The Kier molecular flexibility index (Phi) is 5.82. The van der Waals surface area contributed by atoms with Crippen LogP contribution in [0.1, 0.15) is 11.4 Å². The molecule has 0 N–H and O–H groups in total. The zero-order chi connectivity index (χ0) is 20.5. The second-order valence-corrected chi connectivity index (χ2v) is 9.55. The predicted octanol–water partition coefficient (Wildman–Crippen LogP) is 1.69.